The number of benzene rings is 2. The predicted octanol–water partition coefficient (Wildman–Crippen LogP) is 5.90. The molecule has 2 aromatic carbocycles. The zero-order valence-corrected chi connectivity index (χ0v) is 23.7. The van der Waals surface area contributed by atoms with E-state index in [0.29, 0.717) is 42.2 Å². The number of hydrogen-bond donors (Lipinski definition) is 0. The number of nitrogens with zero attached hydrogens (tertiary/aromatic N) is 5. The van der Waals surface area contributed by atoms with Gasteiger partial charge in [0.05, 0.1) is 21.8 Å². The zero-order valence-electron chi connectivity index (χ0n) is 23.0. The first-order chi connectivity index (χ1) is 19.1. The lowest BCUT2D eigenvalue weighted by Crippen LogP contribution is -2.54. The van der Waals surface area contributed by atoms with Crippen LogP contribution >= 0.6 is 11.6 Å². The highest BCUT2D eigenvalue weighted by molar-refractivity contribution is 6.33. The van der Waals surface area contributed by atoms with Gasteiger partial charge in [-0.1, -0.05) is 56.3 Å². The number of halogens is 2. The van der Waals surface area contributed by atoms with E-state index in [4.69, 9.17) is 16.6 Å². The number of anilines is 1. The molecule has 0 saturated carbocycles. The van der Waals surface area contributed by atoms with E-state index in [1.807, 2.05) is 43.0 Å². The van der Waals surface area contributed by atoms with Gasteiger partial charge in [-0.15, -0.1) is 0 Å². The minimum absolute atomic E-state index is 0.120. The van der Waals surface area contributed by atoms with Crippen LogP contribution in [0.2, 0.25) is 5.02 Å². The normalized spacial score (nSPS) is 15.6. The predicted molar refractivity (Wildman–Crippen MR) is 158 cm³/mol. The molecule has 1 fully saturated rings. The molecule has 0 bridgehead atoms. The molecular formula is C31H31ClFN5O2. The van der Waals surface area contributed by atoms with E-state index in [2.05, 4.69) is 25.4 Å². The van der Waals surface area contributed by atoms with Gasteiger partial charge in [0, 0.05) is 31.2 Å². The van der Waals surface area contributed by atoms with Gasteiger partial charge in [-0.3, -0.25) is 4.79 Å². The van der Waals surface area contributed by atoms with Gasteiger partial charge >= 0.3 is 5.69 Å². The SMILES string of the molecule is C=CC(=O)N1CCN(c2nc(=O)n(-c3ccccc3C(C)C)c3nc(-c4ccc(C)cc4F)c(Cl)cc23)[C@@H](C)C1. The second-order valence-corrected chi connectivity index (χ2v) is 10.9. The summed E-state index contributed by atoms with van der Waals surface area (Å²) in [5, 5.41) is 0.809. The van der Waals surface area contributed by atoms with Gasteiger partial charge in [0.25, 0.3) is 0 Å². The molecule has 7 nitrogen and oxygen atoms in total. The minimum atomic E-state index is -0.502. The highest BCUT2D eigenvalue weighted by Crippen LogP contribution is 2.36. The van der Waals surface area contributed by atoms with E-state index < -0.39 is 11.5 Å². The van der Waals surface area contributed by atoms with Crippen molar-refractivity contribution in [1.82, 2.24) is 19.4 Å². The third-order valence-corrected chi connectivity index (χ3v) is 7.65. The highest BCUT2D eigenvalue weighted by Gasteiger charge is 2.30. The van der Waals surface area contributed by atoms with E-state index in [1.165, 1.54) is 16.7 Å². The maximum Gasteiger partial charge on any atom is 0.355 e. The van der Waals surface area contributed by atoms with Gasteiger partial charge in [-0.05, 0) is 61.2 Å². The van der Waals surface area contributed by atoms with Crippen LogP contribution in [-0.2, 0) is 4.79 Å². The second kappa shape index (κ2) is 10.8. The summed E-state index contributed by atoms with van der Waals surface area (Å²) < 4.78 is 16.6. The van der Waals surface area contributed by atoms with Crippen LogP contribution in [0.1, 0.15) is 37.8 Å². The Morgan fingerprint density at radius 3 is 2.58 bits per heavy atom. The number of pyridine rings is 1. The third-order valence-electron chi connectivity index (χ3n) is 7.37. The number of amides is 1. The van der Waals surface area contributed by atoms with Crippen LogP contribution in [0.25, 0.3) is 28.0 Å². The summed E-state index contributed by atoms with van der Waals surface area (Å²) in [5.74, 6) is -0.0351. The Labute approximate surface area is 237 Å². The van der Waals surface area contributed by atoms with E-state index in [1.54, 1.807) is 23.1 Å². The molecule has 0 radical (unpaired) electrons. The molecule has 1 amide bonds. The van der Waals surface area contributed by atoms with E-state index in [-0.39, 0.29) is 34.1 Å². The van der Waals surface area contributed by atoms with Gasteiger partial charge in [0.2, 0.25) is 5.91 Å². The van der Waals surface area contributed by atoms with Crippen LogP contribution < -0.4 is 10.6 Å². The van der Waals surface area contributed by atoms with Crippen molar-refractivity contribution in [1.29, 1.82) is 0 Å². The summed E-state index contributed by atoms with van der Waals surface area (Å²) in [6, 6.07) is 14.1. The average molecular weight is 560 g/mol. The van der Waals surface area contributed by atoms with Crippen molar-refractivity contribution in [3.63, 3.8) is 0 Å². The van der Waals surface area contributed by atoms with E-state index in [0.717, 1.165) is 11.1 Å². The van der Waals surface area contributed by atoms with Crippen LogP contribution in [-0.4, -0.2) is 51.0 Å². The fourth-order valence-corrected chi connectivity index (χ4v) is 5.58. The first kappa shape index (κ1) is 27.5. The molecule has 4 aromatic rings. The molecule has 9 heteroatoms. The number of para-hydroxylation sites is 1. The lowest BCUT2D eigenvalue weighted by atomic mass is 10.0. The molecular weight excluding hydrogens is 529 g/mol. The Hall–Kier alpha value is -4.04. The number of fused-ring (bicyclic) bond motifs is 1. The third kappa shape index (κ3) is 4.88. The van der Waals surface area contributed by atoms with Crippen LogP contribution in [0, 0.1) is 12.7 Å². The maximum atomic E-state index is 15.1. The Balaban J connectivity index is 1.79. The molecule has 206 valence electrons. The summed E-state index contributed by atoms with van der Waals surface area (Å²) in [5.41, 5.74) is 2.70. The number of carbonyl (C=O) groups excluding carboxylic acids is 1. The molecule has 0 N–H and O–H groups in total. The summed E-state index contributed by atoms with van der Waals surface area (Å²) >= 11 is 6.77. The molecule has 1 aliphatic rings. The average Bonchev–Trinajstić information content (AvgIpc) is 2.92. The molecule has 40 heavy (non-hydrogen) atoms. The lowest BCUT2D eigenvalue weighted by Gasteiger charge is -2.40. The molecule has 2 aromatic heterocycles. The summed E-state index contributed by atoms with van der Waals surface area (Å²) in [6.45, 7) is 12.8. The minimum Gasteiger partial charge on any atom is -0.350 e. The van der Waals surface area contributed by atoms with E-state index >= 15 is 4.39 Å². The molecule has 1 atom stereocenters. The quantitative estimate of drug-likeness (QED) is 0.285. The fraction of sp³-hybridized carbons (Fsp3) is 0.290. The smallest absolute Gasteiger partial charge is 0.350 e. The summed E-state index contributed by atoms with van der Waals surface area (Å²) in [7, 11) is 0. The molecule has 1 aliphatic heterocycles. The Morgan fingerprint density at radius 1 is 1.15 bits per heavy atom. The molecule has 1 saturated heterocycles. The Kier molecular flexibility index (Phi) is 7.47. The van der Waals surface area contributed by atoms with Crippen LogP contribution in [0.5, 0.6) is 0 Å². The van der Waals surface area contributed by atoms with Crippen molar-refractivity contribution in [3.8, 4) is 16.9 Å². The summed E-state index contributed by atoms with van der Waals surface area (Å²) in [6.07, 6.45) is 1.30. The number of piperazine rings is 1. The van der Waals surface area contributed by atoms with Gasteiger partial charge in [-0.2, -0.15) is 4.98 Å². The highest BCUT2D eigenvalue weighted by atomic mass is 35.5. The van der Waals surface area contributed by atoms with Gasteiger partial charge < -0.3 is 9.80 Å². The van der Waals surface area contributed by atoms with Gasteiger partial charge in [0.1, 0.15) is 11.6 Å². The molecule has 0 unspecified atom stereocenters. The van der Waals surface area contributed by atoms with Crippen LogP contribution in [0.4, 0.5) is 10.2 Å². The number of hydrogen-bond acceptors (Lipinski definition) is 5. The van der Waals surface area contributed by atoms with Crippen molar-refractivity contribution >= 4 is 34.4 Å². The Morgan fingerprint density at radius 2 is 1.90 bits per heavy atom. The largest absolute Gasteiger partial charge is 0.355 e. The fourth-order valence-electron chi connectivity index (χ4n) is 5.32. The molecule has 0 aliphatic carbocycles. The monoisotopic (exact) mass is 559 g/mol. The number of aromatic nitrogens is 3. The molecule has 3 heterocycles. The van der Waals surface area contributed by atoms with Crippen LogP contribution in [0.3, 0.4) is 0 Å². The van der Waals surface area contributed by atoms with E-state index in [9.17, 15) is 9.59 Å². The first-order valence-corrected chi connectivity index (χ1v) is 13.7. The van der Waals surface area contributed by atoms with Crippen molar-refractivity contribution in [2.24, 2.45) is 0 Å². The lowest BCUT2D eigenvalue weighted by molar-refractivity contribution is -0.126. The number of aryl methyl sites for hydroxylation is 1. The second-order valence-electron chi connectivity index (χ2n) is 10.5. The van der Waals surface area contributed by atoms with Gasteiger partial charge in [0.15, 0.2) is 5.65 Å². The topological polar surface area (TPSA) is 71.3 Å². The maximum absolute atomic E-state index is 15.1. The van der Waals surface area contributed by atoms with Crippen molar-refractivity contribution < 1.29 is 9.18 Å². The molecule has 5 rings (SSSR count). The summed E-state index contributed by atoms with van der Waals surface area (Å²) in [4.78, 5) is 39.2. The van der Waals surface area contributed by atoms with Crippen molar-refractivity contribution in [3.05, 3.63) is 93.6 Å². The number of carbonyl (C=O) groups is 1. The van der Waals surface area contributed by atoms with Gasteiger partial charge in [-0.25, -0.2) is 18.7 Å². The Bertz CT molecular complexity index is 1700. The van der Waals surface area contributed by atoms with Crippen LogP contribution in [0.15, 0.2) is 66.0 Å². The number of rotatable bonds is 5. The molecule has 0 spiro atoms. The van der Waals surface area contributed by atoms with Crippen molar-refractivity contribution in [2.75, 3.05) is 24.5 Å². The van der Waals surface area contributed by atoms with Crippen molar-refractivity contribution in [2.45, 2.75) is 39.7 Å². The zero-order chi connectivity index (χ0) is 28.7. The standard InChI is InChI=1S/C31H31ClFN5O2/c1-6-27(39)36-13-14-37(20(5)17-36)29-23-16-24(32)28(22-12-11-19(4)15-25(22)33)34-30(23)38(31(40)35-29)26-10-8-7-9-21(26)18(2)3/h6-12,15-16,18,20H,1,13-14,17H2,2-5H3/t20-/m0/s1. The first-order valence-electron chi connectivity index (χ1n) is 13.3.